The molecule has 0 aliphatic heterocycles. The van der Waals surface area contributed by atoms with Crippen molar-refractivity contribution in [2.75, 3.05) is 0 Å². The van der Waals surface area contributed by atoms with Crippen LogP contribution in [0.25, 0.3) is 11.3 Å². The number of hydrogen-bond donors (Lipinski definition) is 0. The monoisotopic (exact) mass is 362 g/mol. The largest absolute Gasteiger partial charge is 0.455 e. The van der Waals surface area contributed by atoms with Crippen LogP contribution in [0.5, 0.6) is 0 Å². The van der Waals surface area contributed by atoms with Crippen molar-refractivity contribution < 1.29 is 14.1 Å². The zero-order valence-electron chi connectivity index (χ0n) is 15.2. The first-order chi connectivity index (χ1) is 12.8. The molecule has 136 valence electrons. The molecule has 0 aliphatic carbocycles. The van der Waals surface area contributed by atoms with E-state index in [4.69, 9.17) is 4.42 Å². The van der Waals surface area contributed by atoms with Gasteiger partial charge in [0.25, 0.3) is 5.69 Å². The number of furan rings is 1. The first-order valence-electron chi connectivity index (χ1n) is 8.36. The molecule has 3 rings (SSSR count). The molecule has 1 heterocycles. The van der Waals surface area contributed by atoms with Gasteiger partial charge in [-0.05, 0) is 74.4 Å². The van der Waals surface area contributed by atoms with Gasteiger partial charge in [-0.1, -0.05) is 0 Å². The number of nitro groups is 1. The van der Waals surface area contributed by atoms with Crippen LogP contribution in [-0.2, 0) is 0 Å². The third-order valence-corrected chi connectivity index (χ3v) is 4.32. The maximum Gasteiger partial charge on any atom is 0.280 e. The van der Waals surface area contributed by atoms with Gasteiger partial charge >= 0.3 is 0 Å². The van der Waals surface area contributed by atoms with Crippen molar-refractivity contribution >= 4 is 23.4 Å². The van der Waals surface area contributed by atoms with Crippen LogP contribution in [0.4, 0.5) is 11.4 Å². The number of benzene rings is 2. The second-order valence-electron chi connectivity index (χ2n) is 6.27. The molecule has 0 radical (unpaired) electrons. The summed E-state index contributed by atoms with van der Waals surface area (Å²) in [6.45, 7) is 5.25. The van der Waals surface area contributed by atoms with Crippen LogP contribution < -0.4 is 0 Å². The van der Waals surface area contributed by atoms with E-state index in [-0.39, 0.29) is 11.5 Å². The average molecular weight is 362 g/mol. The Morgan fingerprint density at radius 3 is 2.37 bits per heavy atom. The SMILES string of the molecule is CC(=O)c1ccc(N=Cc2ccc(-c3cc(C)c(C)cc3[N+](=O)[O-])o2)cc1. The molecular weight excluding hydrogens is 344 g/mol. The van der Waals surface area contributed by atoms with E-state index in [1.807, 2.05) is 13.8 Å². The first-order valence-corrected chi connectivity index (χ1v) is 8.36. The normalized spacial score (nSPS) is 11.1. The van der Waals surface area contributed by atoms with Crippen LogP contribution in [0.3, 0.4) is 0 Å². The van der Waals surface area contributed by atoms with Crippen molar-refractivity contribution in [3.05, 3.63) is 81.1 Å². The molecule has 0 atom stereocenters. The molecule has 27 heavy (non-hydrogen) atoms. The summed E-state index contributed by atoms with van der Waals surface area (Å²) < 4.78 is 5.73. The van der Waals surface area contributed by atoms with Gasteiger partial charge in [0.05, 0.1) is 22.4 Å². The predicted octanol–water partition coefficient (Wildman–Crippen LogP) is 5.42. The Kier molecular flexibility index (Phi) is 4.98. The Labute approximate surface area is 156 Å². The van der Waals surface area contributed by atoms with Crippen molar-refractivity contribution in [1.82, 2.24) is 0 Å². The van der Waals surface area contributed by atoms with Gasteiger partial charge in [-0.2, -0.15) is 0 Å². The second kappa shape index (κ2) is 7.37. The summed E-state index contributed by atoms with van der Waals surface area (Å²) in [5, 5.41) is 11.4. The van der Waals surface area contributed by atoms with Crippen molar-refractivity contribution in [2.24, 2.45) is 4.99 Å². The van der Waals surface area contributed by atoms with Gasteiger partial charge in [-0.25, -0.2) is 0 Å². The van der Waals surface area contributed by atoms with Crippen LogP contribution in [0.2, 0.25) is 0 Å². The summed E-state index contributed by atoms with van der Waals surface area (Å²) in [6.07, 6.45) is 1.54. The third kappa shape index (κ3) is 4.00. The maximum absolute atomic E-state index is 11.4. The number of ketones is 1. The Balaban J connectivity index is 1.88. The molecule has 0 amide bonds. The number of nitrogens with zero attached hydrogens (tertiary/aromatic N) is 2. The molecule has 6 heteroatoms. The van der Waals surface area contributed by atoms with Gasteiger partial charge in [0.15, 0.2) is 5.78 Å². The lowest BCUT2D eigenvalue weighted by Crippen LogP contribution is -1.94. The number of nitro benzene ring substituents is 1. The van der Waals surface area contributed by atoms with Crippen LogP contribution in [0.15, 0.2) is 57.9 Å². The predicted molar refractivity (Wildman–Crippen MR) is 104 cm³/mol. The standard InChI is InChI=1S/C21H18N2O4/c1-13-10-19(20(23(25)26)11-14(13)2)21-9-8-18(27-21)12-22-17-6-4-16(5-7-17)15(3)24/h4-12H,1-3H3. The molecule has 3 aromatic rings. The number of rotatable bonds is 5. The quantitative estimate of drug-likeness (QED) is 0.262. The Bertz CT molecular complexity index is 1050. The molecule has 0 saturated carbocycles. The highest BCUT2D eigenvalue weighted by Gasteiger charge is 2.19. The van der Waals surface area contributed by atoms with Gasteiger partial charge in [0, 0.05) is 11.6 Å². The van der Waals surface area contributed by atoms with E-state index in [1.165, 1.54) is 6.92 Å². The molecule has 0 aliphatic rings. The smallest absolute Gasteiger partial charge is 0.280 e. The summed E-state index contributed by atoms with van der Waals surface area (Å²) in [5.41, 5.74) is 3.55. The molecule has 0 N–H and O–H groups in total. The molecule has 0 unspecified atom stereocenters. The minimum absolute atomic E-state index is 0.00353. The van der Waals surface area contributed by atoms with Gasteiger partial charge in [-0.15, -0.1) is 0 Å². The Hall–Kier alpha value is -3.54. The highest BCUT2D eigenvalue weighted by atomic mass is 16.6. The summed E-state index contributed by atoms with van der Waals surface area (Å²) in [5.74, 6) is 0.891. The van der Waals surface area contributed by atoms with Crippen LogP contribution in [0.1, 0.15) is 34.2 Å². The van der Waals surface area contributed by atoms with E-state index >= 15 is 0 Å². The molecule has 0 bridgehead atoms. The van der Waals surface area contributed by atoms with Gasteiger partial charge < -0.3 is 4.42 Å². The third-order valence-electron chi connectivity index (χ3n) is 4.32. The molecule has 0 saturated heterocycles. The lowest BCUT2D eigenvalue weighted by Gasteiger charge is -2.04. The Morgan fingerprint density at radius 1 is 1.07 bits per heavy atom. The summed E-state index contributed by atoms with van der Waals surface area (Å²) in [4.78, 5) is 26.6. The van der Waals surface area contributed by atoms with E-state index < -0.39 is 4.92 Å². The van der Waals surface area contributed by atoms with Crippen molar-refractivity contribution in [3.63, 3.8) is 0 Å². The fraction of sp³-hybridized carbons (Fsp3) is 0.143. The Morgan fingerprint density at radius 2 is 1.74 bits per heavy atom. The number of hydrogen-bond acceptors (Lipinski definition) is 5. The highest BCUT2D eigenvalue weighted by Crippen LogP contribution is 2.33. The lowest BCUT2D eigenvalue weighted by atomic mass is 10.0. The highest BCUT2D eigenvalue weighted by molar-refractivity contribution is 5.94. The first kappa shape index (κ1) is 18.3. The summed E-state index contributed by atoms with van der Waals surface area (Å²) >= 11 is 0. The second-order valence-corrected chi connectivity index (χ2v) is 6.27. The zero-order valence-corrected chi connectivity index (χ0v) is 15.2. The molecule has 0 fully saturated rings. The number of carbonyl (C=O) groups is 1. The topological polar surface area (TPSA) is 85.7 Å². The van der Waals surface area contributed by atoms with Gasteiger partial charge in [0.2, 0.25) is 0 Å². The van der Waals surface area contributed by atoms with Crippen LogP contribution >= 0.6 is 0 Å². The van der Waals surface area contributed by atoms with Crippen molar-refractivity contribution in [3.8, 4) is 11.3 Å². The average Bonchev–Trinajstić information content (AvgIpc) is 3.11. The molecule has 1 aromatic heterocycles. The van der Waals surface area contributed by atoms with Gasteiger partial charge in [0.1, 0.15) is 11.5 Å². The zero-order chi connectivity index (χ0) is 19.6. The van der Waals surface area contributed by atoms with Crippen LogP contribution in [0, 0.1) is 24.0 Å². The van der Waals surface area contributed by atoms with E-state index in [9.17, 15) is 14.9 Å². The minimum Gasteiger partial charge on any atom is -0.455 e. The molecule has 6 nitrogen and oxygen atoms in total. The minimum atomic E-state index is -0.408. The molecular formula is C21H18N2O4. The lowest BCUT2D eigenvalue weighted by molar-refractivity contribution is -0.384. The molecule has 0 spiro atoms. The maximum atomic E-state index is 11.4. The van der Waals surface area contributed by atoms with E-state index in [0.717, 1.165) is 11.1 Å². The number of carbonyl (C=O) groups excluding carboxylic acids is 1. The fourth-order valence-corrected chi connectivity index (χ4v) is 2.64. The van der Waals surface area contributed by atoms with Gasteiger partial charge in [-0.3, -0.25) is 19.9 Å². The van der Waals surface area contributed by atoms with E-state index in [0.29, 0.717) is 28.3 Å². The van der Waals surface area contributed by atoms with Crippen LogP contribution in [-0.4, -0.2) is 16.9 Å². The molecule has 2 aromatic carbocycles. The number of Topliss-reactive ketones (excluding diaryl/α,β-unsaturated/α-hetero) is 1. The summed E-state index contributed by atoms with van der Waals surface area (Å²) in [6, 6.07) is 13.6. The van der Waals surface area contributed by atoms with E-state index in [2.05, 4.69) is 4.99 Å². The fourth-order valence-electron chi connectivity index (χ4n) is 2.64. The van der Waals surface area contributed by atoms with Crippen molar-refractivity contribution in [1.29, 1.82) is 0 Å². The van der Waals surface area contributed by atoms with Crippen molar-refractivity contribution in [2.45, 2.75) is 20.8 Å². The summed E-state index contributed by atoms with van der Waals surface area (Å²) in [7, 11) is 0. The number of aliphatic imine (C=N–C) groups is 1. The van der Waals surface area contributed by atoms with E-state index in [1.54, 1.807) is 54.7 Å². The number of aryl methyl sites for hydroxylation is 2.